The van der Waals surface area contributed by atoms with Gasteiger partial charge >= 0.3 is 0 Å². The minimum atomic E-state index is -3.46. The Labute approximate surface area is 117 Å². The molecule has 0 aromatic heterocycles. The lowest BCUT2D eigenvalue weighted by atomic mass is 10.2. The van der Waals surface area contributed by atoms with Crippen LogP contribution in [0.3, 0.4) is 0 Å². The molecule has 0 radical (unpaired) electrons. The summed E-state index contributed by atoms with van der Waals surface area (Å²) in [5, 5.41) is 9.61. The van der Waals surface area contributed by atoms with Crippen LogP contribution >= 0.6 is 23.2 Å². The van der Waals surface area contributed by atoms with Crippen molar-refractivity contribution in [2.45, 2.75) is 12.7 Å². The smallest absolute Gasteiger partial charge is 0.215 e. The second kappa shape index (κ2) is 6.73. The summed E-state index contributed by atoms with van der Waals surface area (Å²) in [6.07, 6.45) is 0. The average molecular weight is 312 g/mol. The molecule has 1 rings (SSSR count). The van der Waals surface area contributed by atoms with Crippen LogP contribution in [0.2, 0.25) is 10.0 Å². The Hall–Kier alpha value is -0.330. The van der Waals surface area contributed by atoms with E-state index in [-0.39, 0.29) is 24.8 Å². The zero-order chi connectivity index (χ0) is 13.8. The Balaban J connectivity index is 2.70. The van der Waals surface area contributed by atoms with Gasteiger partial charge in [0.05, 0.1) is 5.75 Å². The van der Waals surface area contributed by atoms with E-state index in [4.69, 9.17) is 28.3 Å². The molecular formula is C11H15Cl2NO3S. The van der Waals surface area contributed by atoms with E-state index in [0.29, 0.717) is 15.6 Å². The maximum absolute atomic E-state index is 11.8. The van der Waals surface area contributed by atoms with Crippen molar-refractivity contribution in [1.29, 1.82) is 0 Å². The summed E-state index contributed by atoms with van der Waals surface area (Å²) in [6, 6.07) is 4.68. The first-order chi connectivity index (χ1) is 8.34. The van der Waals surface area contributed by atoms with E-state index in [1.165, 1.54) is 6.07 Å². The molecule has 1 atom stereocenters. The molecule has 0 aliphatic carbocycles. The number of hydrogen-bond acceptors (Lipinski definition) is 3. The van der Waals surface area contributed by atoms with Gasteiger partial charge in [-0.1, -0.05) is 36.2 Å². The normalized spacial score (nSPS) is 13.6. The van der Waals surface area contributed by atoms with Crippen LogP contribution in [0.25, 0.3) is 0 Å². The summed E-state index contributed by atoms with van der Waals surface area (Å²) in [5.74, 6) is -0.332. The van der Waals surface area contributed by atoms with Crippen molar-refractivity contribution in [2.75, 3.05) is 13.2 Å². The number of sulfonamides is 1. The van der Waals surface area contributed by atoms with Gasteiger partial charge in [0.1, 0.15) is 0 Å². The molecule has 102 valence electrons. The number of benzene rings is 1. The van der Waals surface area contributed by atoms with Crippen LogP contribution in [0.1, 0.15) is 12.5 Å². The number of rotatable bonds is 6. The van der Waals surface area contributed by atoms with Crippen LogP contribution in [-0.2, 0) is 15.8 Å². The van der Waals surface area contributed by atoms with Crippen molar-refractivity contribution < 1.29 is 13.5 Å². The number of halogens is 2. The van der Waals surface area contributed by atoms with Crippen LogP contribution in [0, 0.1) is 5.92 Å². The van der Waals surface area contributed by atoms with Crippen molar-refractivity contribution >= 4 is 33.2 Å². The summed E-state index contributed by atoms with van der Waals surface area (Å²) < 4.78 is 26.0. The van der Waals surface area contributed by atoms with E-state index >= 15 is 0 Å². The Bertz CT molecular complexity index is 505. The van der Waals surface area contributed by atoms with E-state index in [0.717, 1.165) is 0 Å². The van der Waals surface area contributed by atoms with Gasteiger partial charge in [-0.15, -0.1) is 0 Å². The molecule has 7 heteroatoms. The van der Waals surface area contributed by atoms with E-state index in [1.54, 1.807) is 19.1 Å². The summed E-state index contributed by atoms with van der Waals surface area (Å²) in [7, 11) is -3.46. The fourth-order valence-corrected chi connectivity index (χ4v) is 3.08. The van der Waals surface area contributed by atoms with Crippen LogP contribution in [0.5, 0.6) is 0 Å². The predicted molar refractivity (Wildman–Crippen MR) is 73.3 cm³/mol. The lowest BCUT2D eigenvalue weighted by molar-refractivity contribution is 0.238. The molecule has 0 bridgehead atoms. The van der Waals surface area contributed by atoms with Gasteiger partial charge in [-0.2, -0.15) is 0 Å². The van der Waals surface area contributed by atoms with Gasteiger partial charge in [-0.3, -0.25) is 0 Å². The van der Waals surface area contributed by atoms with Gasteiger partial charge < -0.3 is 5.11 Å². The molecule has 0 aliphatic heterocycles. The molecule has 1 aromatic carbocycles. The highest BCUT2D eigenvalue weighted by molar-refractivity contribution is 7.88. The molecule has 2 N–H and O–H groups in total. The van der Waals surface area contributed by atoms with Crippen LogP contribution in [0.15, 0.2) is 18.2 Å². The van der Waals surface area contributed by atoms with Gasteiger partial charge in [0, 0.05) is 23.2 Å². The average Bonchev–Trinajstić information content (AvgIpc) is 2.30. The third-order valence-electron chi connectivity index (χ3n) is 2.32. The highest BCUT2D eigenvalue weighted by atomic mass is 35.5. The third-order valence-corrected chi connectivity index (χ3v) is 4.21. The Morgan fingerprint density at radius 1 is 1.39 bits per heavy atom. The molecule has 0 saturated heterocycles. The standard InChI is InChI=1S/C11H15Cl2NO3S/c1-8(6-15)5-14-18(16,17)7-9-2-3-10(12)4-11(9)13/h2-4,8,14-15H,5-7H2,1H3. The summed E-state index contributed by atoms with van der Waals surface area (Å²) in [5.41, 5.74) is 0.491. The second-order valence-corrected chi connectivity index (χ2v) is 6.78. The van der Waals surface area contributed by atoms with Gasteiger partial charge in [-0.05, 0) is 23.6 Å². The molecular weight excluding hydrogens is 297 g/mol. The largest absolute Gasteiger partial charge is 0.396 e. The summed E-state index contributed by atoms with van der Waals surface area (Å²) >= 11 is 11.6. The molecule has 0 saturated carbocycles. The number of hydrogen-bond donors (Lipinski definition) is 2. The molecule has 4 nitrogen and oxygen atoms in total. The molecule has 0 amide bonds. The maximum Gasteiger partial charge on any atom is 0.215 e. The first-order valence-corrected chi connectivity index (χ1v) is 7.77. The number of aliphatic hydroxyl groups is 1. The van der Waals surface area contributed by atoms with Crippen LogP contribution in [0.4, 0.5) is 0 Å². The third kappa shape index (κ3) is 5.12. The van der Waals surface area contributed by atoms with Crippen molar-refractivity contribution in [3.63, 3.8) is 0 Å². The minimum Gasteiger partial charge on any atom is -0.396 e. The number of aliphatic hydroxyl groups excluding tert-OH is 1. The van der Waals surface area contributed by atoms with E-state index < -0.39 is 10.0 Å². The van der Waals surface area contributed by atoms with Gasteiger partial charge in [0.2, 0.25) is 10.0 Å². The molecule has 0 spiro atoms. The van der Waals surface area contributed by atoms with Crippen molar-refractivity contribution in [3.05, 3.63) is 33.8 Å². The van der Waals surface area contributed by atoms with E-state index in [9.17, 15) is 8.42 Å². The minimum absolute atomic E-state index is 0.0653. The van der Waals surface area contributed by atoms with E-state index in [2.05, 4.69) is 4.72 Å². The first-order valence-electron chi connectivity index (χ1n) is 5.36. The van der Waals surface area contributed by atoms with Crippen LogP contribution in [-0.4, -0.2) is 26.7 Å². The topological polar surface area (TPSA) is 66.4 Å². The Morgan fingerprint density at radius 2 is 2.06 bits per heavy atom. The molecule has 0 fully saturated rings. The fourth-order valence-electron chi connectivity index (χ4n) is 1.23. The summed E-state index contributed by atoms with van der Waals surface area (Å²) in [6.45, 7) is 1.88. The first kappa shape index (κ1) is 15.7. The van der Waals surface area contributed by atoms with Gasteiger partial charge in [-0.25, -0.2) is 13.1 Å². The fraction of sp³-hybridized carbons (Fsp3) is 0.455. The highest BCUT2D eigenvalue weighted by Gasteiger charge is 2.15. The maximum atomic E-state index is 11.8. The van der Waals surface area contributed by atoms with Crippen LogP contribution < -0.4 is 4.72 Å². The van der Waals surface area contributed by atoms with Crippen molar-refractivity contribution in [3.8, 4) is 0 Å². The SMILES string of the molecule is CC(CO)CNS(=O)(=O)Cc1ccc(Cl)cc1Cl. The van der Waals surface area contributed by atoms with Crippen molar-refractivity contribution in [1.82, 2.24) is 4.72 Å². The van der Waals surface area contributed by atoms with Gasteiger partial charge in [0.15, 0.2) is 0 Å². The molecule has 1 aromatic rings. The summed E-state index contributed by atoms with van der Waals surface area (Å²) in [4.78, 5) is 0. The quantitative estimate of drug-likeness (QED) is 0.845. The molecule has 0 aliphatic rings. The molecule has 1 unspecified atom stereocenters. The molecule has 0 heterocycles. The monoisotopic (exact) mass is 311 g/mol. The van der Waals surface area contributed by atoms with E-state index in [1.807, 2.05) is 0 Å². The zero-order valence-corrected chi connectivity index (χ0v) is 12.2. The Kier molecular flexibility index (Phi) is 5.88. The lowest BCUT2D eigenvalue weighted by Crippen LogP contribution is -2.30. The number of nitrogens with one attached hydrogen (secondary N) is 1. The predicted octanol–water partition coefficient (Wildman–Crippen LogP) is 2.04. The van der Waals surface area contributed by atoms with Crippen molar-refractivity contribution in [2.24, 2.45) is 5.92 Å². The second-order valence-electron chi connectivity index (χ2n) is 4.13. The molecule has 18 heavy (non-hydrogen) atoms. The Morgan fingerprint density at radius 3 is 2.61 bits per heavy atom. The zero-order valence-electron chi connectivity index (χ0n) is 9.86. The van der Waals surface area contributed by atoms with Gasteiger partial charge in [0.25, 0.3) is 0 Å². The highest BCUT2D eigenvalue weighted by Crippen LogP contribution is 2.22. The lowest BCUT2D eigenvalue weighted by Gasteiger charge is -2.11.